The number of nitrogens with zero attached hydrogens (tertiary/aromatic N) is 2. The van der Waals surface area contributed by atoms with E-state index < -0.39 is 0 Å². The molecule has 0 fully saturated rings. The van der Waals surface area contributed by atoms with E-state index >= 15 is 0 Å². The quantitative estimate of drug-likeness (QED) is 0.727. The lowest BCUT2D eigenvalue weighted by Gasteiger charge is -2.06. The van der Waals surface area contributed by atoms with Gasteiger partial charge >= 0.3 is 0 Å². The molecule has 4 heteroatoms. The summed E-state index contributed by atoms with van der Waals surface area (Å²) in [6, 6.07) is 0. The highest BCUT2D eigenvalue weighted by molar-refractivity contribution is 5.32. The number of terminal acetylenes is 1. The van der Waals surface area contributed by atoms with E-state index in [1.807, 2.05) is 13.8 Å². The fraction of sp³-hybridized carbons (Fsp3) is 0.400. The number of aromatic nitrogens is 2. The Kier molecular flexibility index (Phi) is 3.74. The van der Waals surface area contributed by atoms with Crippen LogP contribution in [0.4, 0.5) is 5.95 Å². The van der Waals surface area contributed by atoms with Crippen molar-refractivity contribution in [1.82, 2.24) is 9.97 Å². The minimum Gasteiger partial charge on any atom is -0.464 e. The normalized spacial score (nSPS) is 9.21. The van der Waals surface area contributed by atoms with Crippen LogP contribution in [0.5, 0.6) is 5.88 Å². The molecule has 0 amide bonds. The van der Waals surface area contributed by atoms with Gasteiger partial charge in [-0.25, -0.2) is 4.98 Å². The molecule has 1 heterocycles. The van der Waals surface area contributed by atoms with Crippen molar-refractivity contribution in [1.29, 1.82) is 0 Å². The average molecular weight is 191 g/mol. The van der Waals surface area contributed by atoms with E-state index in [9.17, 15) is 0 Å². The SMILES string of the molecule is C#CCOc1nc(NCC)ncc1C. The molecule has 0 aliphatic rings. The lowest BCUT2D eigenvalue weighted by atomic mass is 10.4. The molecule has 0 saturated carbocycles. The highest BCUT2D eigenvalue weighted by Crippen LogP contribution is 2.14. The first-order chi connectivity index (χ1) is 6.77. The molecule has 1 rings (SSSR count). The molecule has 14 heavy (non-hydrogen) atoms. The zero-order chi connectivity index (χ0) is 10.4. The number of aryl methyl sites for hydroxylation is 1. The van der Waals surface area contributed by atoms with Gasteiger partial charge in [-0.1, -0.05) is 5.92 Å². The number of nitrogens with one attached hydrogen (secondary N) is 1. The Labute approximate surface area is 83.7 Å². The lowest BCUT2D eigenvalue weighted by molar-refractivity contribution is 0.352. The van der Waals surface area contributed by atoms with Gasteiger partial charge in [0, 0.05) is 18.3 Å². The summed E-state index contributed by atoms with van der Waals surface area (Å²) in [6.45, 7) is 4.85. The first kappa shape index (κ1) is 10.3. The molecule has 0 bridgehead atoms. The van der Waals surface area contributed by atoms with Gasteiger partial charge < -0.3 is 10.1 Å². The number of hydrogen-bond donors (Lipinski definition) is 1. The summed E-state index contributed by atoms with van der Waals surface area (Å²) in [4.78, 5) is 8.24. The van der Waals surface area contributed by atoms with E-state index in [1.54, 1.807) is 6.20 Å². The number of anilines is 1. The minimum absolute atomic E-state index is 0.226. The van der Waals surface area contributed by atoms with E-state index in [0.717, 1.165) is 12.1 Å². The van der Waals surface area contributed by atoms with Crippen LogP contribution >= 0.6 is 0 Å². The summed E-state index contributed by atoms with van der Waals surface area (Å²) >= 11 is 0. The molecule has 1 aromatic rings. The molecule has 1 N–H and O–H groups in total. The summed E-state index contributed by atoms with van der Waals surface area (Å²) in [5, 5.41) is 3.00. The average Bonchev–Trinajstić information content (AvgIpc) is 2.19. The van der Waals surface area contributed by atoms with Crippen molar-refractivity contribution >= 4 is 5.95 Å². The van der Waals surface area contributed by atoms with Crippen LogP contribution < -0.4 is 10.1 Å². The Hall–Kier alpha value is -1.76. The Balaban J connectivity index is 2.80. The van der Waals surface area contributed by atoms with Gasteiger partial charge in [-0.05, 0) is 13.8 Å². The fourth-order valence-electron chi connectivity index (χ4n) is 0.926. The molecule has 0 aliphatic carbocycles. The molecule has 0 unspecified atom stereocenters. The second-order valence-electron chi connectivity index (χ2n) is 2.70. The van der Waals surface area contributed by atoms with Gasteiger partial charge in [0.25, 0.3) is 0 Å². The number of ether oxygens (including phenoxy) is 1. The largest absolute Gasteiger partial charge is 0.464 e. The van der Waals surface area contributed by atoms with E-state index in [2.05, 4.69) is 21.2 Å². The van der Waals surface area contributed by atoms with E-state index in [4.69, 9.17) is 11.2 Å². The summed E-state index contributed by atoms with van der Waals surface area (Å²) in [6.07, 6.45) is 6.79. The van der Waals surface area contributed by atoms with Crippen molar-refractivity contribution in [3.63, 3.8) is 0 Å². The monoisotopic (exact) mass is 191 g/mol. The van der Waals surface area contributed by atoms with Crippen molar-refractivity contribution < 1.29 is 4.74 Å². The Morgan fingerprint density at radius 3 is 3.07 bits per heavy atom. The molecule has 74 valence electrons. The fourth-order valence-corrected chi connectivity index (χ4v) is 0.926. The molecule has 0 atom stereocenters. The van der Waals surface area contributed by atoms with Crippen molar-refractivity contribution in [2.75, 3.05) is 18.5 Å². The van der Waals surface area contributed by atoms with Gasteiger partial charge in [0.05, 0.1) is 0 Å². The van der Waals surface area contributed by atoms with Crippen LogP contribution in [0.3, 0.4) is 0 Å². The molecule has 0 spiro atoms. The van der Waals surface area contributed by atoms with E-state index in [-0.39, 0.29) is 6.61 Å². The van der Waals surface area contributed by atoms with Crippen molar-refractivity contribution in [2.24, 2.45) is 0 Å². The predicted molar refractivity (Wildman–Crippen MR) is 55.3 cm³/mol. The van der Waals surface area contributed by atoms with Crippen LogP contribution in [0.2, 0.25) is 0 Å². The summed E-state index contributed by atoms with van der Waals surface area (Å²) in [7, 11) is 0. The molecule has 0 aromatic carbocycles. The maximum absolute atomic E-state index is 5.25. The zero-order valence-electron chi connectivity index (χ0n) is 8.37. The van der Waals surface area contributed by atoms with Gasteiger partial charge in [-0.3, -0.25) is 0 Å². The van der Waals surface area contributed by atoms with Crippen molar-refractivity contribution in [2.45, 2.75) is 13.8 Å². The Morgan fingerprint density at radius 1 is 1.64 bits per heavy atom. The van der Waals surface area contributed by atoms with Gasteiger partial charge in [0.1, 0.15) is 0 Å². The van der Waals surface area contributed by atoms with Crippen LogP contribution in [0.25, 0.3) is 0 Å². The standard InChI is InChI=1S/C10H13N3O/c1-4-6-14-9-8(3)7-12-10(13-9)11-5-2/h1,7H,5-6H2,2-3H3,(H,11,12,13). The van der Waals surface area contributed by atoms with Crippen LogP contribution in [0.1, 0.15) is 12.5 Å². The zero-order valence-corrected chi connectivity index (χ0v) is 8.37. The second-order valence-corrected chi connectivity index (χ2v) is 2.70. The third kappa shape index (κ3) is 2.63. The van der Waals surface area contributed by atoms with Gasteiger partial charge in [-0.15, -0.1) is 6.42 Å². The van der Waals surface area contributed by atoms with E-state index in [0.29, 0.717) is 11.8 Å². The maximum Gasteiger partial charge on any atom is 0.225 e. The maximum atomic E-state index is 5.25. The summed E-state index contributed by atoms with van der Waals surface area (Å²) in [5.74, 6) is 3.49. The van der Waals surface area contributed by atoms with Crippen LogP contribution in [-0.4, -0.2) is 23.1 Å². The first-order valence-corrected chi connectivity index (χ1v) is 4.41. The second kappa shape index (κ2) is 5.07. The molecular formula is C10H13N3O. The summed E-state index contributed by atoms with van der Waals surface area (Å²) in [5.41, 5.74) is 0.877. The third-order valence-corrected chi connectivity index (χ3v) is 1.55. The molecule has 0 aliphatic heterocycles. The minimum atomic E-state index is 0.226. The number of rotatable bonds is 4. The van der Waals surface area contributed by atoms with Gasteiger partial charge in [0.2, 0.25) is 11.8 Å². The van der Waals surface area contributed by atoms with Crippen LogP contribution in [-0.2, 0) is 0 Å². The third-order valence-electron chi connectivity index (χ3n) is 1.55. The Morgan fingerprint density at radius 2 is 2.43 bits per heavy atom. The van der Waals surface area contributed by atoms with Gasteiger partial charge in [-0.2, -0.15) is 4.98 Å². The number of hydrogen-bond acceptors (Lipinski definition) is 4. The molecule has 0 saturated heterocycles. The lowest BCUT2D eigenvalue weighted by Crippen LogP contribution is -2.05. The molecular weight excluding hydrogens is 178 g/mol. The summed E-state index contributed by atoms with van der Waals surface area (Å²) < 4.78 is 5.25. The van der Waals surface area contributed by atoms with Crippen molar-refractivity contribution in [3.05, 3.63) is 11.8 Å². The first-order valence-electron chi connectivity index (χ1n) is 4.41. The van der Waals surface area contributed by atoms with Crippen LogP contribution in [0.15, 0.2) is 6.20 Å². The smallest absolute Gasteiger partial charge is 0.225 e. The topological polar surface area (TPSA) is 47.0 Å². The molecule has 0 radical (unpaired) electrons. The van der Waals surface area contributed by atoms with E-state index in [1.165, 1.54) is 0 Å². The van der Waals surface area contributed by atoms with Gasteiger partial charge in [0.15, 0.2) is 6.61 Å². The van der Waals surface area contributed by atoms with Crippen molar-refractivity contribution in [3.8, 4) is 18.2 Å². The van der Waals surface area contributed by atoms with Crippen LogP contribution in [0, 0.1) is 19.3 Å². The highest BCUT2D eigenvalue weighted by atomic mass is 16.5. The molecule has 4 nitrogen and oxygen atoms in total. The molecule has 1 aromatic heterocycles. The predicted octanol–water partition coefficient (Wildman–Crippen LogP) is 1.23. The highest BCUT2D eigenvalue weighted by Gasteiger charge is 2.03. The Bertz CT molecular complexity index is 344.